The summed E-state index contributed by atoms with van der Waals surface area (Å²) < 4.78 is 0.810. The summed E-state index contributed by atoms with van der Waals surface area (Å²) in [6, 6.07) is 5.61. The molecule has 0 N–H and O–H groups in total. The van der Waals surface area contributed by atoms with Crippen LogP contribution in [-0.2, 0) is 9.59 Å². The summed E-state index contributed by atoms with van der Waals surface area (Å²) in [7, 11) is 0. The maximum absolute atomic E-state index is 12.6. The third-order valence-electron chi connectivity index (χ3n) is 4.15. The summed E-state index contributed by atoms with van der Waals surface area (Å²) in [6.45, 7) is 7.79. The second-order valence-corrected chi connectivity index (χ2v) is 6.48. The van der Waals surface area contributed by atoms with E-state index < -0.39 is 5.41 Å². The highest BCUT2D eigenvalue weighted by atomic mass is 79.9. The van der Waals surface area contributed by atoms with Gasteiger partial charge in [0.05, 0.1) is 11.1 Å². The lowest BCUT2D eigenvalue weighted by atomic mass is 9.78. The molecule has 1 aromatic carbocycles. The van der Waals surface area contributed by atoms with Crippen LogP contribution in [0.5, 0.6) is 0 Å². The van der Waals surface area contributed by atoms with Crippen LogP contribution in [0.25, 0.3) is 0 Å². The molecular weight excluding hydrogens is 306 g/mol. The molecule has 19 heavy (non-hydrogen) atoms. The van der Waals surface area contributed by atoms with Gasteiger partial charge < -0.3 is 0 Å². The number of hydrogen-bond donors (Lipinski definition) is 0. The van der Waals surface area contributed by atoms with Gasteiger partial charge in [0.2, 0.25) is 11.8 Å². The molecule has 0 saturated carbocycles. The van der Waals surface area contributed by atoms with E-state index in [-0.39, 0.29) is 24.2 Å². The Morgan fingerprint density at radius 2 is 1.95 bits per heavy atom. The van der Waals surface area contributed by atoms with E-state index in [1.807, 2.05) is 39.8 Å². The van der Waals surface area contributed by atoms with Gasteiger partial charge in [-0.05, 0) is 47.3 Å². The third kappa shape index (κ3) is 2.12. The third-order valence-corrected chi connectivity index (χ3v) is 5.18. The van der Waals surface area contributed by atoms with E-state index in [4.69, 9.17) is 0 Å². The number of aryl methyl sites for hydroxylation is 1. The highest BCUT2D eigenvalue weighted by Gasteiger charge is 2.50. The molecule has 102 valence electrons. The number of carbonyl (C=O) groups is 2. The molecule has 0 radical (unpaired) electrons. The van der Waals surface area contributed by atoms with Crippen molar-refractivity contribution in [2.45, 2.75) is 34.1 Å². The molecular formula is C15H18BrNO2. The van der Waals surface area contributed by atoms with Crippen LogP contribution < -0.4 is 4.90 Å². The summed E-state index contributed by atoms with van der Waals surface area (Å²) in [4.78, 5) is 26.2. The van der Waals surface area contributed by atoms with Crippen molar-refractivity contribution in [3.05, 3.63) is 28.2 Å². The molecule has 1 aliphatic heterocycles. The monoisotopic (exact) mass is 323 g/mol. The molecule has 4 heteroatoms. The normalized spacial score (nSPS) is 23.6. The molecule has 1 saturated heterocycles. The van der Waals surface area contributed by atoms with Crippen LogP contribution in [0.4, 0.5) is 5.69 Å². The Hall–Kier alpha value is -1.16. The first-order valence-electron chi connectivity index (χ1n) is 6.41. The molecule has 2 rings (SSSR count). The topological polar surface area (TPSA) is 37.4 Å². The zero-order valence-electron chi connectivity index (χ0n) is 11.7. The molecule has 0 bridgehead atoms. The van der Waals surface area contributed by atoms with E-state index in [0.29, 0.717) is 5.69 Å². The van der Waals surface area contributed by atoms with Gasteiger partial charge in [-0.25, -0.2) is 4.90 Å². The van der Waals surface area contributed by atoms with E-state index >= 15 is 0 Å². The first-order valence-corrected chi connectivity index (χ1v) is 7.21. The summed E-state index contributed by atoms with van der Waals surface area (Å²) >= 11 is 3.47. The Balaban J connectivity index is 2.50. The molecule has 0 spiro atoms. The highest BCUT2D eigenvalue weighted by molar-refractivity contribution is 9.10. The maximum atomic E-state index is 12.6. The number of carbonyl (C=O) groups excluding carboxylic acids is 2. The molecule has 0 aliphatic carbocycles. The summed E-state index contributed by atoms with van der Waals surface area (Å²) in [5, 5.41) is 0. The van der Waals surface area contributed by atoms with Gasteiger partial charge in [0, 0.05) is 10.9 Å². The van der Waals surface area contributed by atoms with Crippen LogP contribution >= 0.6 is 15.9 Å². The standard InChI is InChI=1S/C15H18BrNO2/c1-9(2)15(4)8-12(18)17(14(15)19)11-7-5-6-10(3)13(11)16/h5-7,9H,8H2,1-4H3. The van der Waals surface area contributed by atoms with Crippen molar-refractivity contribution >= 4 is 33.4 Å². The maximum Gasteiger partial charge on any atom is 0.240 e. The van der Waals surface area contributed by atoms with Crippen molar-refractivity contribution in [3.63, 3.8) is 0 Å². The Morgan fingerprint density at radius 3 is 2.47 bits per heavy atom. The molecule has 2 amide bonds. The smallest absolute Gasteiger partial charge is 0.240 e. The van der Waals surface area contributed by atoms with Crippen LogP contribution in [0.1, 0.15) is 32.8 Å². The average molecular weight is 324 g/mol. The predicted octanol–water partition coefficient (Wildman–Crippen LogP) is 3.68. The van der Waals surface area contributed by atoms with E-state index in [2.05, 4.69) is 15.9 Å². The van der Waals surface area contributed by atoms with Crippen molar-refractivity contribution < 1.29 is 9.59 Å². The lowest BCUT2D eigenvalue weighted by molar-refractivity contribution is -0.126. The molecule has 1 atom stereocenters. The van der Waals surface area contributed by atoms with Gasteiger partial charge >= 0.3 is 0 Å². The lowest BCUT2D eigenvalue weighted by Crippen LogP contribution is -2.37. The van der Waals surface area contributed by atoms with Crippen molar-refractivity contribution in [1.82, 2.24) is 0 Å². The quantitative estimate of drug-likeness (QED) is 0.778. The Labute approximate surface area is 122 Å². The van der Waals surface area contributed by atoms with Gasteiger partial charge in [0.25, 0.3) is 0 Å². The van der Waals surface area contributed by atoms with E-state index in [1.54, 1.807) is 6.07 Å². The van der Waals surface area contributed by atoms with Gasteiger partial charge in [-0.1, -0.05) is 26.0 Å². The minimum absolute atomic E-state index is 0.0983. The predicted molar refractivity (Wildman–Crippen MR) is 78.9 cm³/mol. The zero-order chi connectivity index (χ0) is 14.4. The minimum Gasteiger partial charge on any atom is -0.274 e. The number of halogens is 1. The summed E-state index contributed by atoms with van der Waals surface area (Å²) in [5.41, 5.74) is 1.07. The van der Waals surface area contributed by atoms with Crippen LogP contribution in [0.2, 0.25) is 0 Å². The number of benzene rings is 1. The number of imide groups is 1. The van der Waals surface area contributed by atoms with Crippen molar-refractivity contribution in [2.75, 3.05) is 4.90 Å². The van der Waals surface area contributed by atoms with Crippen LogP contribution in [0.3, 0.4) is 0 Å². The molecule has 1 fully saturated rings. The molecule has 1 heterocycles. The first kappa shape index (κ1) is 14.3. The van der Waals surface area contributed by atoms with Crippen molar-refractivity contribution in [3.8, 4) is 0 Å². The lowest BCUT2D eigenvalue weighted by Gasteiger charge is -2.26. The number of anilines is 1. The molecule has 0 aromatic heterocycles. The highest BCUT2D eigenvalue weighted by Crippen LogP contribution is 2.43. The van der Waals surface area contributed by atoms with Crippen molar-refractivity contribution in [2.24, 2.45) is 11.3 Å². The number of hydrogen-bond acceptors (Lipinski definition) is 2. The van der Waals surface area contributed by atoms with Gasteiger partial charge in [-0.3, -0.25) is 9.59 Å². The summed E-state index contributed by atoms with van der Waals surface area (Å²) in [5.74, 6) is -0.0798. The molecule has 1 aliphatic rings. The number of rotatable bonds is 2. The molecule has 1 aromatic rings. The second kappa shape index (κ2) is 4.75. The van der Waals surface area contributed by atoms with Gasteiger partial charge in [-0.15, -0.1) is 0 Å². The van der Waals surface area contributed by atoms with Gasteiger partial charge in [0.15, 0.2) is 0 Å². The van der Waals surface area contributed by atoms with Crippen molar-refractivity contribution in [1.29, 1.82) is 0 Å². The van der Waals surface area contributed by atoms with Crippen LogP contribution in [-0.4, -0.2) is 11.8 Å². The molecule has 3 nitrogen and oxygen atoms in total. The summed E-state index contributed by atoms with van der Waals surface area (Å²) in [6.07, 6.45) is 0.282. The fourth-order valence-electron chi connectivity index (χ4n) is 2.34. The van der Waals surface area contributed by atoms with E-state index in [0.717, 1.165) is 10.0 Å². The van der Waals surface area contributed by atoms with E-state index in [9.17, 15) is 9.59 Å². The first-order chi connectivity index (χ1) is 8.79. The fraction of sp³-hybridized carbons (Fsp3) is 0.467. The Bertz CT molecular complexity index is 553. The zero-order valence-corrected chi connectivity index (χ0v) is 13.2. The van der Waals surface area contributed by atoms with Crippen LogP contribution in [0.15, 0.2) is 22.7 Å². The Morgan fingerprint density at radius 1 is 1.32 bits per heavy atom. The van der Waals surface area contributed by atoms with E-state index in [1.165, 1.54) is 4.90 Å². The van der Waals surface area contributed by atoms with Gasteiger partial charge in [-0.2, -0.15) is 0 Å². The van der Waals surface area contributed by atoms with Gasteiger partial charge in [0.1, 0.15) is 0 Å². The number of amides is 2. The largest absolute Gasteiger partial charge is 0.274 e. The minimum atomic E-state index is -0.597. The SMILES string of the molecule is Cc1cccc(N2C(=O)CC(C)(C(C)C)C2=O)c1Br. The Kier molecular flexibility index (Phi) is 3.56. The fourth-order valence-corrected chi connectivity index (χ4v) is 2.78. The molecule has 1 unspecified atom stereocenters. The number of nitrogens with zero attached hydrogens (tertiary/aromatic N) is 1. The van der Waals surface area contributed by atoms with Crippen LogP contribution in [0, 0.1) is 18.3 Å². The average Bonchev–Trinajstić information content (AvgIpc) is 2.56. The second-order valence-electron chi connectivity index (χ2n) is 5.69.